The molecule has 1 saturated heterocycles. The Morgan fingerprint density at radius 1 is 1.58 bits per heavy atom. The van der Waals surface area contributed by atoms with E-state index < -0.39 is 5.97 Å². The van der Waals surface area contributed by atoms with Gasteiger partial charge in [0.15, 0.2) is 0 Å². The normalized spacial score (nSPS) is 17.7. The lowest BCUT2D eigenvalue weighted by molar-refractivity contribution is 0.0696. The maximum absolute atomic E-state index is 10.7. The molecule has 2 heterocycles. The first-order valence-electron chi connectivity index (χ1n) is 6.72. The number of hydrogen-bond donors (Lipinski definition) is 2. The van der Waals surface area contributed by atoms with Gasteiger partial charge in [-0.3, -0.25) is 0 Å². The van der Waals surface area contributed by atoms with Crippen LogP contribution in [0.2, 0.25) is 0 Å². The van der Waals surface area contributed by atoms with Crippen LogP contribution in [0.25, 0.3) is 0 Å². The lowest BCUT2D eigenvalue weighted by Crippen LogP contribution is -2.31. The van der Waals surface area contributed by atoms with Crippen LogP contribution < -0.4 is 5.32 Å². The van der Waals surface area contributed by atoms with Gasteiger partial charge in [0.05, 0.1) is 5.69 Å². The number of nitrogens with zero attached hydrogens (tertiary/aromatic N) is 2. The molecule has 1 aromatic heterocycles. The van der Waals surface area contributed by atoms with Gasteiger partial charge in [-0.15, -0.1) is 11.3 Å². The molecule has 0 aromatic carbocycles. The molecule has 0 saturated carbocycles. The smallest absolute Gasteiger partial charge is 0.365 e. The summed E-state index contributed by atoms with van der Waals surface area (Å²) in [5, 5.41) is 14.1. The molecule has 0 unspecified atom stereocenters. The third kappa shape index (κ3) is 4.56. The van der Waals surface area contributed by atoms with Crippen LogP contribution in [0.3, 0.4) is 0 Å². The number of nitrogens with one attached hydrogen (secondary N) is 1. The Bertz CT molecular complexity index is 414. The molecule has 0 atom stereocenters. The third-order valence-corrected chi connectivity index (χ3v) is 4.49. The molecule has 6 heteroatoms. The number of aromatic carboxylic acids is 1. The Labute approximate surface area is 117 Å². The molecular weight excluding hydrogens is 262 g/mol. The fourth-order valence-electron chi connectivity index (χ4n) is 2.36. The molecule has 0 spiro atoms. The number of rotatable bonds is 6. The number of hydrogen-bond acceptors (Lipinski definition) is 5. The van der Waals surface area contributed by atoms with Crippen molar-refractivity contribution in [3.8, 4) is 0 Å². The Kier molecular flexibility index (Phi) is 5.30. The van der Waals surface area contributed by atoms with E-state index in [-0.39, 0.29) is 5.01 Å². The van der Waals surface area contributed by atoms with E-state index in [9.17, 15) is 4.79 Å². The molecule has 1 aliphatic heterocycles. The van der Waals surface area contributed by atoms with Crippen LogP contribution in [0.15, 0.2) is 5.38 Å². The van der Waals surface area contributed by atoms with Gasteiger partial charge in [-0.05, 0) is 51.9 Å². The predicted molar refractivity (Wildman–Crippen MR) is 75.6 cm³/mol. The van der Waals surface area contributed by atoms with E-state index in [1.54, 1.807) is 0 Å². The molecule has 5 nitrogen and oxygen atoms in total. The molecular formula is C13H21N3O2S. The third-order valence-electron chi connectivity index (χ3n) is 3.61. The summed E-state index contributed by atoms with van der Waals surface area (Å²) >= 11 is 1.19. The van der Waals surface area contributed by atoms with Gasteiger partial charge in [0, 0.05) is 11.9 Å². The fraction of sp³-hybridized carbons (Fsp3) is 0.692. The van der Waals surface area contributed by atoms with Crippen molar-refractivity contribution < 1.29 is 9.90 Å². The van der Waals surface area contributed by atoms with Crippen molar-refractivity contribution >= 4 is 17.3 Å². The predicted octanol–water partition coefficient (Wildman–Crippen LogP) is 1.66. The number of thiazole rings is 1. The highest BCUT2D eigenvalue weighted by atomic mass is 32.1. The average Bonchev–Trinajstić information content (AvgIpc) is 2.86. The first-order chi connectivity index (χ1) is 9.15. The number of aromatic nitrogens is 1. The molecule has 2 N–H and O–H groups in total. The monoisotopic (exact) mass is 283 g/mol. The highest BCUT2D eigenvalue weighted by Gasteiger charge is 2.16. The van der Waals surface area contributed by atoms with Crippen molar-refractivity contribution in [2.45, 2.75) is 25.8 Å². The summed E-state index contributed by atoms with van der Waals surface area (Å²) in [6, 6.07) is 0. The molecule has 1 aromatic rings. The second-order valence-electron chi connectivity index (χ2n) is 5.16. The van der Waals surface area contributed by atoms with Crippen molar-refractivity contribution in [1.82, 2.24) is 15.2 Å². The van der Waals surface area contributed by atoms with Gasteiger partial charge in [0.1, 0.15) is 0 Å². The highest BCUT2D eigenvalue weighted by molar-refractivity contribution is 7.11. The Morgan fingerprint density at radius 3 is 2.95 bits per heavy atom. The lowest BCUT2D eigenvalue weighted by atomic mass is 9.94. The Balaban J connectivity index is 1.62. The van der Waals surface area contributed by atoms with E-state index in [4.69, 9.17) is 5.11 Å². The van der Waals surface area contributed by atoms with Crippen molar-refractivity contribution in [2.75, 3.05) is 26.7 Å². The molecule has 2 rings (SSSR count). The number of piperidine rings is 1. The maximum Gasteiger partial charge on any atom is 0.365 e. The van der Waals surface area contributed by atoms with Crippen molar-refractivity contribution in [3.05, 3.63) is 16.1 Å². The summed E-state index contributed by atoms with van der Waals surface area (Å²) in [6.45, 7) is 4.06. The van der Waals surface area contributed by atoms with Crippen LogP contribution in [-0.4, -0.2) is 47.6 Å². The topological polar surface area (TPSA) is 65.5 Å². The van der Waals surface area contributed by atoms with Gasteiger partial charge in [-0.1, -0.05) is 0 Å². The summed E-state index contributed by atoms with van der Waals surface area (Å²) in [7, 11) is 2.18. The van der Waals surface area contributed by atoms with E-state index in [1.165, 1.54) is 43.7 Å². The summed E-state index contributed by atoms with van der Waals surface area (Å²) in [5.74, 6) is -0.115. The molecule has 1 aliphatic rings. The van der Waals surface area contributed by atoms with E-state index in [0.29, 0.717) is 6.54 Å². The van der Waals surface area contributed by atoms with Crippen molar-refractivity contribution in [1.29, 1.82) is 0 Å². The largest absolute Gasteiger partial charge is 0.476 e. The molecule has 0 aliphatic carbocycles. The quantitative estimate of drug-likeness (QED) is 0.777. The van der Waals surface area contributed by atoms with E-state index in [0.717, 1.165) is 18.2 Å². The van der Waals surface area contributed by atoms with Gasteiger partial charge in [-0.2, -0.15) is 0 Å². The lowest BCUT2D eigenvalue weighted by Gasteiger charge is -2.28. The number of likely N-dealkylation sites (tertiary alicyclic amines) is 1. The Morgan fingerprint density at radius 2 is 2.32 bits per heavy atom. The molecule has 0 amide bonds. The number of carbonyl (C=O) groups is 1. The van der Waals surface area contributed by atoms with Gasteiger partial charge in [0.25, 0.3) is 0 Å². The summed E-state index contributed by atoms with van der Waals surface area (Å²) in [4.78, 5) is 17.1. The minimum absolute atomic E-state index is 0.173. The zero-order valence-electron chi connectivity index (χ0n) is 11.3. The second-order valence-corrected chi connectivity index (χ2v) is 6.02. The SMILES string of the molecule is CN1CCC(CCNCc2csc(C(=O)O)n2)CC1. The van der Waals surface area contributed by atoms with Gasteiger partial charge >= 0.3 is 5.97 Å². The molecule has 0 bridgehead atoms. The molecule has 19 heavy (non-hydrogen) atoms. The number of carboxylic acid groups (broad SMARTS) is 1. The molecule has 106 valence electrons. The van der Waals surface area contributed by atoms with Crippen LogP contribution in [0.5, 0.6) is 0 Å². The van der Waals surface area contributed by atoms with E-state index in [1.807, 2.05) is 5.38 Å². The second kappa shape index (κ2) is 6.98. The zero-order valence-corrected chi connectivity index (χ0v) is 12.1. The van der Waals surface area contributed by atoms with Crippen LogP contribution in [0, 0.1) is 5.92 Å². The first-order valence-corrected chi connectivity index (χ1v) is 7.60. The maximum atomic E-state index is 10.7. The van der Waals surface area contributed by atoms with Crippen molar-refractivity contribution in [3.63, 3.8) is 0 Å². The van der Waals surface area contributed by atoms with Crippen LogP contribution in [-0.2, 0) is 6.54 Å². The van der Waals surface area contributed by atoms with Crippen LogP contribution >= 0.6 is 11.3 Å². The number of carboxylic acids is 1. The fourth-order valence-corrected chi connectivity index (χ4v) is 3.01. The summed E-state index contributed by atoms with van der Waals surface area (Å²) in [6.07, 6.45) is 3.78. The standard InChI is InChI=1S/C13H21N3O2S/c1-16-6-3-10(4-7-16)2-5-14-8-11-9-19-12(15-11)13(17)18/h9-10,14H,2-8H2,1H3,(H,17,18). The van der Waals surface area contributed by atoms with Gasteiger partial charge in [0.2, 0.25) is 5.01 Å². The molecule has 0 radical (unpaired) electrons. The van der Waals surface area contributed by atoms with Gasteiger partial charge in [-0.25, -0.2) is 9.78 Å². The zero-order chi connectivity index (χ0) is 13.7. The average molecular weight is 283 g/mol. The molecule has 1 fully saturated rings. The minimum Gasteiger partial charge on any atom is -0.476 e. The Hall–Kier alpha value is -0.980. The van der Waals surface area contributed by atoms with E-state index >= 15 is 0 Å². The van der Waals surface area contributed by atoms with E-state index in [2.05, 4.69) is 22.2 Å². The highest BCUT2D eigenvalue weighted by Crippen LogP contribution is 2.18. The first kappa shape index (κ1) is 14.4. The minimum atomic E-state index is -0.942. The van der Waals surface area contributed by atoms with Gasteiger partial charge < -0.3 is 15.3 Å². The van der Waals surface area contributed by atoms with Crippen LogP contribution in [0.1, 0.15) is 34.8 Å². The van der Waals surface area contributed by atoms with Crippen molar-refractivity contribution in [2.24, 2.45) is 5.92 Å². The summed E-state index contributed by atoms with van der Waals surface area (Å²) in [5.41, 5.74) is 0.825. The summed E-state index contributed by atoms with van der Waals surface area (Å²) < 4.78 is 0. The van der Waals surface area contributed by atoms with Crippen LogP contribution in [0.4, 0.5) is 0 Å².